The van der Waals surface area contributed by atoms with Gasteiger partial charge in [-0.05, 0) is 40.5 Å². The van der Waals surface area contributed by atoms with Gasteiger partial charge in [0.05, 0.1) is 4.99 Å². The molecule has 1 saturated heterocycles. The predicted octanol–water partition coefficient (Wildman–Crippen LogP) is 3.08. The highest BCUT2D eigenvalue weighted by Gasteiger charge is 2.20. The van der Waals surface area contributed by atoms with Gasteiger partial charge in [-0.3, -0.25) is 0 Å². The van der Waals surface area contributed by atoms with Crippen LogP contribution in [-0.2, 0) is 4.74 Å². The first-order chi connectivity index (χ1) is 10.8. The van der Waals surface area contributed by atoms with Gasteiger partial charge in [0.15, 0.2) is 0 Å². The van der Waals surface area contributed by atoms with Crippen molar-refractivity contribution in [2.75, 3.05) is 26.2 Å². The first-order valence-corrected chi connectivity index (χ1v) is 9.14. The standard InChI is InChI=1S/C11H21NO2.C6H12N2S/c1-11(2,3)14-10(13)12-9-7-5-4-6-8-9;1-6(9)8-4-2-7-3-5-8/h9H,4-8H2,1-3H3,(H,12,13);7H,2-5H2,1H3. The zero-order valence-electron chi connectivity index (χ0n) is 15.1. The fourth-order valence-corrected chi connectivity index (χ4v) is 2.88. The molecule has 134 valence electrons. The number of thiocarbonyl (C=S) groups is 1. The van der Waals surface area contributed by atoms with Crippen molar-refractivity contribution in [2.24, 2.45) is 0 Å². The number of piperazine rings is 1. The van der Waals surface area contributed by atoms with Crippen LogP contribution in [0.2, 0.25) is 0 Å². The molecule has 0 atom stereocenters. The van der Waals surface area contributed by atoms with Crippen LogP contribution in [0.15, 0.2) is 0 Å². The molecule has 0 unspecified atom stereocenters. The molecule has 0 radical (unpaired) electrons. The number of carbonyl (C=O) groups excluding carboxylic acids is 1. The third kappa shape index (κ3) is 9.76. The SMILES string of the molecule is CC(=S)N1CCNCC1.CC(C)(C)OC(=O)NC1CCCCC1. The summed E-state index contributed by atoms with van der Waals surface area (Å²) >= 11 is 5.01. The summed E-state index contributed by atoms with van der Waals surface area (Å²) in [5.74, 6) is 0. The lowest BCUT2D eigenvalue weighted by Gasteiger charge is -2.27. The van der Waals surface area contributed by atoms with Crippen LogP contribution in [0.25, 0.3) is 0 Å². The highest BCUT2D eigenvalue weighted by atomic mass is 32.1. The van der Waals surface area contributed by atoms with E-state index in [1.165, 1.54) is 19.3 Å². The molecule has 0 aromatic heterocycles. The molecule has 0 aromatic carbocycles. The molecule has 1 saturated carbocycles. The number of ether oxygens (including phenoxy) is 1. The number of hydrogen-bond donors (Lipinski definition) is 2. The quantitative estimate of drug-likeness (QED) is 0.717. The summed E-state index contributed by atoms with van der Waals surface area (Å²) in [6, 6.07) is 0.332. The molecular formula is C17H33N3O2S. The molecule has 0 bridgehead atoms. The second-order valence-corrected chi connectivity index (χ2v) is 7.83. The average molecular weight is 344 g/mol. The Bertz CT molecular complexity index is 371. The Morgan fingerprint density at radius 3 is 2.17 bits per heavy atom. The Morgan fingerprint density at radius 1 is 1.17 bits per heavy atom. The number of nitrogens with one attached hydrogen (secondary N) is 2. The summed E-state index contributed by atoms with van der Waals surface area (Å²) in [4.78, 5) is 14.6. The van der Waals surface area contributed by atoms with Crippen molar-refractivity contribution in [3.63, 3.8) is 0 Å². The van der Waals surface area contributed by atoms with Gasteiger partial charge < -0.3 is 20.3 Å². The third-order valence-corrected chi connectivity index (χ3v) is 4.15. The van der Waals surface area contributed by atoms with Gasteiger partial charge in [-0.25, -0.2) is 4.79 Å². The maximum atomic E-state index is 11.4. The highest BCUT2D eigenvalue weighted by molar-refractivity contribution is 7.80. The zero-order valence-corrected chi connectivity index (χ0v) is 15.9. The first-order valence-electron chi connectivity index (χ1n) is 8.73. The van der Waals surface area contributed by atoms with Gasteiger partial charge in [0, 0.05) is 32.2 Å². The van der Waals surface area contributed by atoms with Gasteiger partial charge in [-0.15, -0.1) is 0 Å². The van der Waals surface area contributed by atoms with E-state index in [-0.39, 0.29) is 6.09 Å². The number of amides is 1. The lowest BCUT2D eigenvalue weighted by Crippen LogP contribution is -2.44. The van der Waals surface area contributed by atoms with Crippen molar-refractivity contribution < 1.29 is 9.53 Å². The van der Waals surface area contributed by atoms with E-state index in [0.29, 0.717) is 6.04 Å². The third-order valence-electron chi connectivity index (χ3n) is 3.89. The Labute approximate surface area is 146 Å². The number of nitrogens with zero attached hydrogens (tertiary/aromatic N) is 1. The van der Waals surface area contributed by atoms with E-state index < -0.39 is 5.60 Å². The lowest BCUT2D eigenvalue weighted by molar-refractivity contribution is 0.0493. The Balaban J connectivity index is 0.000000253. The highest BCUT2D eigenvalue weighted by Crippen LogP contribution is 2.18. The van der Waals surface area contributed by atoms with E-state index in [1.807, 2.05) is 27.7 Å². The van der Waals surface area contributed by atoms with Crippen LogP contribution in [0.4, 0.5) is 4.79 Å². The maximum Gasteiger partial charge on any atom is 0.407 e. The number of carbonyl (C=O) groups is 1. The summed E-state index contributed by atoms with van der Waals surface area (Å²) in [5, 5.41) is 6.18. The van der Waals surface area contributed by atoms with Crippen molar-refractivity contribution in [2.45, 2.75) is 71.4 Å². The second-order valence-electron chi connectivity index (χ2n) is 7.24. The topological polar surface area (TPSA) is 53.6 Å². The van der Waals surface area contributed by atoms with Crippen LogP contribution in [0.5, 0.6) is 0 Å². The average Bonchev–Trinajstić information content (AvgIpc) is 2.48. The van der Waals surface area contributed by atoms with E-state index in [2.05, 4.69) is 15.5 Å². The van der Waals surface area contributed by atoms with Gasteiger partial charge in [-0.2, -0.15) is 0 Å². The summed E-state index contributed by atoms with van der Waals surface area (Å²) in [6.07, 6.45) is 5.66. The molecular weight excluding hydrogens is 310 g/mol. The van der Waals surface area contributed by atoms with Gasteiger partial charge >= 0.3 is 6.09 Å². The lowest BCUT2D eigenvalue weighted by atomic mass is 9.96. The van der Waals surface area contributed by atoms with Gasteiger partial charge in [-0.1, -0.05) is 31.5 Å². The number of hydrogen-bond acceptors (Lipinski definition) is 4. The van der Waals surface area contributed by atoms with Crippen molar-refractivity contribution in [3.05, 3.63) is 0 Å². The molecule has 6 heteroatoms. The van der Waals surface area contributed by atoms with Crippen molar-refractivity contribution in [3.8, 4) is 0 Å². The number of rotatable bonds is 1. The van der Waals surface area contributed by atoms with E-state index in [0.717, 1.165) is 44.0 Å². The number of alkyl carbamates (subject to hydrolysis) is 1. The molecule has 2 rings (SSSR count). The largest absolute Gasteiger partial charge is 0.444 e. The van der Waals surface area contributed by atoms with Crippen LogP contribution in [0.1, 0.15) is 59.8 Å². The van der Waals surface area contributed by atoms with Crippen LogP contribution in [0.3, 0.4) is 0 Å². The fraction of sp³-hybridized carbons (Fsp3) is 0.882. The first kappa shape index (κ1) is 20.2. The van der Waals surface area contributed by atoms with E-state index in [1.54, 1.807) is 0 Å². The zero-order chi connectivity index (χ0) is 17.3. The monoisotopic (exact) mass is 343 g/mol. The van der Waals surface area contributed by atoms with Crippen molar-refractivity contribution >= 4 is 23.3 Å². The molecule has 2 N–H and O–H groups in total. The summed E-state index contributed by atoms with van der Waals surface area (Å²) in [6.45, 7) is 11.9. The van der Waals surface area contributed by atoms with Crippen LogP contribution in [0, 0.1) is 0 Å². The van der Waals surface area contributed by atoms with E-state index in [4.69, 9.17) is 17.0 Å². The van der Waals surface area contributed by atoms with E-state index >= 15 is 0 Å². The summed E-state index contributed by atoms with van der Waals surface area (Å²) in [5.41, 5.74) is -0.390. The fourth-order valence-electron chi connectivity index (χ4n) is 2.70. The van der Waals surface area contributed by atoms with Crippen LogP contribution in [-0.4, -0.2) is 53.8 Å². The Morgan fingerprint density at radius 2 is 1.74 bits per heavy atom. The minimum Gasteiger partial charge on any atom is -0.444 e. The second kappa shape index (κ2) is 10.1. The van der Waals surface area contributed by atoms with Crippen LogP contribution >= 0.6 is 12.2 Å². The van der Waals surface area contributed by atoms with Crippen molar-refractivity contribution in [1.82, 2.24) is 15.5 Å². The normalized spacial score (nSPS) is 19.4. The Hall–Kier alpha value is -0.880. The predicted molar refractivity (Wildman–Crippen MR) is 99.0 cm³/mol. The smallest absolute Gasteiger partial charge is 0.407 e. The molecule has 2 fully saturated rings. The van der Waals surface area contributed by atoms with Crippen molar-refractivity contribution in [1.29, 1.82) is 0 Å². The minimum absolute atomic E-state index is 0.274. The molecule has 1 heterocycles. The molecule has 2 aliphatic rings. The molecule has 5 nitrogen and oxygen atoms in total. The molecule has 23 heavy (non-hydrogen) atoms. The van der Waals surface area contributed by atoms with Gasteiger partial charge in [0.1, 0.15) is 5.60 Å². The molecule has 1 aliphatic carbocycles. The van der Waals surface area contributed by atoms with Gasteiger partial charge in [0.2, 0.25) is 0 Å². The van der Waals surface area contributed by atoms with E-state index in [9.17, 15) is 4.79 Å². The molecule has 1 amide bonds. The van der Waals surface area contributed by atoms with Gasteiger partial charge in [0.25, 0.3) is 0 Å². The minimum atomic E-state index is -0.390. The molecule has 1 aliphatic heterocycles. The van der Waals surface area contributed by atoms with Crippen LogP contribution < -0.4 is 10.6 Å². The maximum absolute atomic E-state index is 11.4. The summed E-state index contributed by atoms with van der Waals surface area (Å²) < 4.78 is 5.19. The Kier molecular flexibility index (Phi) is 8.84. The summed E-state index contributed by atoms with van der Waals surface area (Å²) in [7, 11) is 0. The molecule has 0 aromatic rings. The molecule has 0 spiro atoms.